The average Bonchev–Trinajstić information content (AvgIpc) is 1.96. The quantitative estimate of drug-likeness (QED) is 0.256. The van der Waals surface area contributed by atoms with Gasteiger partial charge in [0.25, 0.3) is 0 Å². The van der Waals surface area contributed by atoms with Crippen molar-refractivity contribution in [1.82, 2.24) is 4.90 Å². The average molecular weight is 150 g/mol. The minimum Gasteiger partial charge on any atom is -0.339 e. The molecule has 0 saturated heterocycles. The molecule has 0 unspecified atom stereocenters. The van der Waals surface area contributed by atoms with Crippen molar-refractivity contribution in [3.8, 4) is 12.0 Å². The zero-order valence-corrected chi connectivity index (χ0v) is 7.85. The van der Waals surface area contributed by atoms with Crippen LogP contribution < -0.4 is 0 Å². The molecule has 1 nitrogen and oxygen atoms in total. The molecule has 0 atom stereocenters. The third-order valence-electron chi connectivity index (χ3n) is 1.31. The van der Waals surface area contributed by atoms with E-state index in [1.54, 1.807) is 0 Å². The fourth-order valence-electron chi connectivity index (χ4n) is 0.726. The lowest BCUT2D eigenvalue weighted by molar-refractivity contribution is 0.597. The summed E-state index contributed by atoms with van der Waals surface area (Å²) in [5, 5.41) is 0. The summed E-state index contributed by atoms with van der Waals surface area (Å²) in [6, 6.07) is 2.97. The fraction of sp³-hybridized carbons (Fsp3) is 0.778. The summed E-state index contributed by atoms with van der Waals surface area (Å²) in [5.41, 5.74) is 0. The summed E-state index contributed by atoms with van der Waals surface area (Å²) in [5.74, 6) is 3.06. The Morgan fingerprint density at radius 3 is 2.64 bits per heavy atom. The van der Waals surface area contributed by atoms with Gasteiger partial charge in [0.1, 0.15) is 7.28 Å². The highest BCUT2D eigenvalue weighted by Crippen LogP contribution is 1.94. The van der Waals surface area contributed by atoms with Crippen LogP contribution in [0.2, 0.25) is 12.6 Å². The number of hydrogen-bond donors (Lipinski definition) is 0. The van der Waals surface area contributed by atoms with Crippen molar-refractivity contribution < 1.29 is 0 Å². The van der Waals surface area contributed by atoms with E-state index in [2.05, 4.69) is 26.2 Å². The number of rotatable bonds is 4. The molecule has 0 spiro atoms. The molecule has 1 radical (unpaired) electrons. The lowest BCUT2D eigenvalue weighted by Crippen LogP contribution is -2.01. The Balaban J connectivity index is 3.09. The van der Waals surface area contributed by atoms with Crippen LogP contribution in [0.5, 0.6) is 0 Å². The predicted octanol–water partition coefficient (Wildman–Crippen LogP) is 1.85. The van der Waals surface area contributed by atoms with Gasteiger partial charge in [-0.1, -0.05) is 32.0 Å². The monoisotopic (exact) mass is 150 g/mol. The summed E-state index contributed by atoms with van der Waals surface area (Å²) >= 11 is 0. The standard InChI is InChI=1S/C9H17BN/c1-4-5-7-10-8-6-9-11(2)3/h4-5,7-8H2,1-3H3. The van der Waals surface area contributed by atoms with E-state index in [1.165, 1.54) is 19.2 Å². The van der Waals surface area contributed by atoms with Gasteiger partial charge in [-0.15, -0.1) is 0 Å². The normalized spacial score (nSPS) is 8.27. The Bertz CT molecular complexity index is 132. The molecule has 11 heavy (non-hydrogen) atoms. The molecule has 0 aromatic heterocycles. The van der Waals surface area contributed by atoms with E-state index in [1.807, 2.05) is 19.0 Å². The first-order chi connectivity index (χ1) is 5.27. The summed E-state index contributed by atoms with van der Waals surface area (Å²) in [4.78, 5) is 1.88. The molecule has 61 valence electrons. The van der Waals surface area contributed by atoms with Crippen LogP contribution in [0.25, 0.3) is 0 Å². The van der Waals surface area contributed by atoms with Gasteiger partial charge in [-0.25, -0.2) is 0 Å². The van der Waals surface area contributed by atoms with Crippen LogP contribution >= 0.6 is 0 Å². The van der Waals surface area contributed by atoms with Gasteiger partial charge in [-0.05, 0) is 6.32 Å². The Labute approximate surface area is 71.4 Å². The molecule has 0 amide bonds. The van der Waals surface area contributed by atoms with Crippen LogP contribution in [0.1, 0.15) is 19.8 Å². The van der Waals surface area contributed by atoms with Gasteiger partial charge in [0.15, 0.2) is 0 Å². The lowest BCUT2D eigenvalue weighted by atomic mass is 9.70. The SMILES string of the molecule is CCCC[B]CC#CN(C)C. The molecule has 0 bridgehead atoms. The molecule has 0 rings (SSSR count). The van der Waals surface area contributed by atoms with Gasteiger partial charge < -0.3 is 4.90 Å². The highest BCUT2D eigenvalue weighted by atomic mass is 15.0. The number of nitrogens with zero attached hydrogens (tertiary/aromatic N) is 1. The van der Waals surface area contributed by atoms with Gasteiger partial charge >= 0.3 is 0 Å². The molecule has 0 fully saturated rings. The van der Waals surface area contributed by atoms with Crippen LogP contribution in [0.4, 0.5) is 0 Å². The molecule has 0 aliphatic heterocycles. The van der Waals surface area contributed by atoms with Crippen molar-refractivity contribution in [2.45, 2.75) is 32.4 Å². The maximum absolute atomic E-state index is 3.06. The molecule has 0 saturated carbocycles. The first kappa shape index (κ1) is 10.4. The van der Waals surface area contributed by atoms with E-state index in [0.717, 1.165) is 6.32 Å². The molecule has 0 aromatic carbocycles. The molecular formula is C9H17BN. The van der Waals surface area contributed by atoms with Crippen molar-refractivity contribution in [2.75, 3.05) is 14.1 Å². The van der Waals surface area contributed by atoms with Crippen LogP contribution in [0.15, 0.2) is 0 Å². The van der Waals surface area contributed by atoms with E-state index >= 15 is 0 Å². The Morgan fingerprint density at radius 2 is 2.09 bits per heavy atom. The molecule has 0 aromatic rings. The van der Waals surface area contributed by atoms with Crippen LogP contribution in [-0.4, -0.2) is 26.3 Å². The van der Waals surface area contributed by atoms with E-state index in [9.17, 15) is 0 Å². The van der Waals surface area contributed by atoms with Crippen molar-refractivity contribution >= 4 is 7.28 Å². The zero-order chi connectivity index (χ0) is 8.53. The van der Waals surface area contributed by atoms with Crippen molar-refractivity contribution in [2.24, 2.45) is 0 Å². The van der Waals surface area contributed by atoms with Crippen molar-refractivity contribution in [1.29, 1.82) is 0 Å². The Morgan fingerprint density at radius 1 is 1.36 bits per heavy atom. The second-order valence-electron chi connectivity index (χ2n) is 2.82. The highest BCUT2D eigenvalue weighted by molar-refractivity contribution is 6.36. The number of hydrogen-bond acceptors (Lipinski definition) is 1. The van der Waals surface area contributed by atoms with Crippen molar-refractivity contribution in [3.05, 3.63) is 0 Å². The molecule has 0 aliphatic carbocycles. The minimum atomic E-state index is 0.929. The molecule has 0 N–H and O–H groups in total. The minimum absolute atomic E-state index is 0.929. The summed E-state index contributed by atoms with van der Waals surface area (Å²) < 4.78 is 0. The van der Waals surface area contributed by atoms with Gasteiger partial charge in [-0.2, -0.15) is 0 Å². The van der Waals surface area contributed by atoms with Crippen LogP contribution in [0.3, 0.4) is 0 Å². The first-order valence-electron chi connectivity index (χ1n) is 4.25. The third kappa shape index (κ3) is 9.42. The van der Waals surface area contributed by atoms with E-state index in [-0.39, 0.29) is 0 Å². The molecule has 0 aliphatic rings. The molecule has 0 heterocycles. The van der Waals surface area contributed by atoms with Crippen LogP contribution in [-0.2, 0) is 0 Å². The van der Waals surface area contributed by atoms with Gasteiger partial charge in [-0.3, -0.25) is 0 Å². The van der Waals surface area contributed by atoms with E-state index < -0.39 is 0 Å². The smallest absolute Gasteiger partial charge is 0.125 e. The summed E-state index contributed by atoms with van der Waals surface area (Å²) in [6.07, 6.45) is 4.71. The largest absolute Gasteiger partial charge is 0.339 e. The van der Waals surface area contributed by atoms with E-state index in [0.29, 0.717) is 0 Å². The second kappa shape index (κ2) is 7.53. The van der Waals surface area contributed by atoms with Crippen molar-refractivity contribution in [3.63, 3.8) is 0 Å². The highest BCUT2D eigenvalue weighted by Gasteiger charge is 1.86. The Hall–Kier alpha value is -0.575. The lowest BCUT2D eigenvalue weighted by Gasteiger charge is -1.97. The number of unbranched alkanes of at least 4 members (excludes halogenated alkanes) is 1. The predicted molar refractivity (Wildman–Crippen MR) is 51.7 cm³/mol. The first-order valence-corrected chi connectivity index (χ1v) is 4.25. The zero-order valence-electron chi connectivity index (χ0n) is 7.85. The van der Waals surface area contributed by atoms with Gasteiger partial charge in [0.2, 0.25) is 0 Å². The molecular weight excluding hydrogens is 133 g/mol. The topological polar surface area (TPSA) is 3.24 Å². The second-order valence-corrected chi connectivity index (χ2v) is 2.82. The van der Waals surface area contributed by atoms with Gasteiger partial charge in [0.05, 0.1) is 0 Å². The fourth-order valence-corrected chi connectivity index (χ4v) is 0.726. The van der Waals surface area contributed by atoms with Gasteiger partial charge in [0, 0.05) is 20.1 Å². The molecule has 2 heteroatoms. The summed E-state index contributed by atoms with van der Waals surface area (Å²) in [6.45, 7) is 2.21. The van der Waals surface area contributed by atoms with E-state index in [4.69, 9.17) is 0 Å². The third-order valence-corrected chi connectivity index (χ3v) is 1.31. The maximum atomic E-state index is 3.06. The summed E-state index contributed by atoms with van der Waals surface area (Å²) in [7, 11) is 6.16. The maximum Gasteiger partial charge on any atom is 0.125 e. The van der Waals surface area contributed by atoms with Crippen LogP contribution in [0, 0.1) is 12.0 Å². The Kier molecular flexibility index (Phi) is 7.14.